The minimum atomic E-state index is -0.107. The smallest absolute Gasteiger partial charge is 0.252 e. The first kappa shape index (κ1) is 18.0. The van der Waals surface area contributed by atoms with Crippen LogP contribution in [0.4, 0.5) is 0 Å². The molecule has 2 amide bonds. The molecule has 0 bridgehead atoms. The Morgan fingerprint density at radius 3 is 2.52 bits per heavy atom. The van der Waals surface area contributed by atoms with Crippen molar-refractivity contribution < 1.29 is 9.59 Å². The molecule has 2 saturated heterocycles. The summed E-state index contributed by atoms with van der Waals surface area (Å²) in [6, 6.07) is 12.1. The molecule has 0 spiro atoms. The molecule has 142 valence electrons. The topological polar surface area (TPSA) is 52.7 Å². The van der Waals surface area contributed by atoms with Crippen molar-refractivity contribution in [1.82, 2.24) is 15.1 Å². The fourth-order valence-corrected chi connectivity index (χ4v) is 4.40. The second kappa shape index (κ2) is 7.31. The molecule has 5 heteroatoms. The molecule has 4 rings (SSSR count). The lowest BCUT2D eigenvalue weighted by atomic mass is 9.99. The maximum Gasteiger partial charge on any atom is 0.252 e. The van der Waals surface area contributed by atoms with Crippen LogP contribution in [0.25, 0.3) is 10.8 Å². The zero-order valence-electron chi connectivity index (χ0n) is 16.1. The first-order chi connectivity index (χ1) is 13.0. The molecule has 0 aliphatic carbocycles. The highest BCUT2D eigenvalue weighted by molar-refractivity contribution is 6.08. The lowest BCUT2D eigenvalue weighted by Gasteiger charge is -2.35. The average molecular weight is 365 g/mol. The third-order valence-electron chi connectivity index (χ3n) is 6.01. The lowest BCUT2D eigenvalue weighted by molar-refractivity contribution is -0.130. The number of rotatable bonds is 3. The Kier molecular flexibility index (Phi) is 4.87. The van der Waals surface area contributed by atoms with E-state index >= 15 is 0 Å². The molecule has 0 aromatic heterocycles. The lowest BCUT2D eigenvalue weighted by Crippen LogP contribution is -2.45. The Bertz CT molecular complexity index is 871. The van der Waals surface area contributed by atoms with Crippen LogP contribution in [0.5, 0.6) is 0 Å². The van der Waals surface area contributed by atoms with Crippen molar-refractivity contribution in [1.29, 1.82) is 0 Å². The van der Waals surface area contributed by atoms with Crippen molar-refractivity contribution in [3.63, 3.8) is 0 Å². The number of hydrogen-bond donors (Lipinski definition) is 1. The first-order valence-corrected chi connectivity index (χ1v) is 9.80. The van der Waals surface area contributed by atoms with Gasteiger partial charge in [-0.3, -0.25) is 9.59 Å². The summed E-state index contributed by atoms with van der Waals surface area (Å²) in [5.41, 5.74) is 1.84. The molecule has 1 N–H and O–H groups in total. The number of likely N-dealkylation sites (tertiary alicyclic amines) is 2. The second-order valence-electron chi connectivity index (χ2n) is 7.93. The quantitative estimate of drug-likeness (QED) is 0.910. The molecule has 1 unspecified atom stereocenters. The number of benzene rings is 2. The molecular weight excluding hydrogens is 338 g/mol. The number of nitrogens with one attached hydrogen (secondary N) is 1. The van der Waals surface area contributed by atoms with Gasteiger partial charge in [-0.25, -0.2) is 0 Å². The summed E-state index contributed by atoms with van der Waals surface area (Å²) in [4.78, 5) is 29.7. The van der Waals surface area contributed by atoms with E-state index in [2.05, 4.69) is 24.2 Å². The molecule has 2 aromatic carbocycles. The molecule has 2 fully saturated rings. The summed E-state index contributed by atoms with van der Waals surface area (Å²) in [6.45, 7) is 4.74. The number of aryl methyl sites for hydroxylation is 1. The van der Waals surface area contributed by atoms with Gasteiger partial charge in [-0.15, -0.1) is 0 Å². The van der Waals surface area contributed by atoms with Gasteiger partial charge in [-0.2, -0.15) is 0 Å². The molecule has 1 atom stereocenters. The Balaban J connectivity index is 1.46. The van der Waals surface area contributed by atoms with Gasteiger partial charge in [0.2, 0.25) is 5.91 Å². The molecule has 2 heterocycles. The van der Waals surface area contributed by atoms with Crippen LogP contribution in [-0.2, 0) is 4.79 Å². The van der Waals surface area contributed by atoms with E-state index in [4.69, 9.17) is 0 Å². The number of fused-ring (bicyclic) bond motifs is 1. The normalized spacial score (nSPS) is 21.8. The van der Waals surface area contributed by atoms with E-state index in [0.29, 0.717) is 24.6 Å². The fourth-order valence-electron chi connectivity index (χ4n) is 4.40. The van der Waals surface area contributed by atoms with Gasteiger partial charge in [0.25, 0.3) is 5.91 Å². The van der Waals surface area contributed by atoms with Gasteiger partial charge in [0, 0.05) is 24.6 Å². The highest BCUT2D eigenvalue weighted by Gasteiger charge is 2.36. The molecule has 2 aliphatic rings. The zero-order valence-corrected chi connectivity index (χ0v) is 16.1. The van der Waals surface area contributed by atoms with E-state index in [1.807, 2.05) is 41.3 Å². The maximum atomic E-state index is 12.9. The largest absolute Gasteiger partial charge is 0.347 e. The van der Waals surface area contributed by atoms with E-state index in [0.717, 1.165) is 42.3 Å². The summed E-state index contributed by atoms with van der Waals surface area (Å²) >= 11 is 0. The molecule has 0 radical (unpaired) electrons. The summed E-state index contributed by atoms with van der Waals surface area (Å²) in [6.07, 6.45) is 2.44. The summed E-state index contributed by atoms with van der Waals surface area (Å²) in [5.74, 6) is 0.0813. The highest BCUT2D eigenvalue weighted by atomic mass is 16.2. The highest BCUT2D eigenvalue weighted by Crippen LogP contribution is 2.24. The standard InChI is InChI=1S/C22H27N3O2/c1-15-7-8-20(19-6-4-3-5-18(15)19)22(27)23-16-13-21(26)25(14-16)17-9-11-24(2)12-10-17/h3-8,16-17H,9-14H2,1-2H3,(H,23,27). The number of hydrogen-bond acceptors (Lipinski definition) is 3. The fraction of sp³-hybridized carbons (Fsp3) is 0.455. The van der Waals surface area contributed by atoms with Crippen LogP contribution >= 0.6 is 0 Å². The Labute approximate surface area is 160 Å². The average Bonchev–Trinajstić information content (AvgIpc) is 3.03. The van der Waals surface area contributed by atoms with Crippen LogP contribution in [0.3, 0.4) is 0 Å². The van der Waals surface area contributed by atoms with Gasteiger partial charge in [-0.05, 0) is 62.3 Å². The van der Waals surface area contributed by atoms with E-state index in [1.54, 1.807) is 0 Å². The second-order valence-corrected chi connectivity index (χ2v) is 7.93. The third-order valence-corrected chi connectivity index (χ3v) is 6.01. The Morgan fingerprint density at radius 2 is 1.78 bits per heavy atom. The number of amides is 2. The SMILES string of the molecule is Cc1ccc(C(=O)NC2CC(=O)N(C3CCN(C)CC3)C2)c2ccccc12. The van der Waals surface area contributed by atoms with Crippen molar-refractivity contribution in [2.24, 2.45) is 0 Å². The van der Waals surface area contributed by atoms with E-state index in [-0.39, 0.29) is 17.9 Å². The predicted octanol–water partition coefficient (Wildman–Crippen LogP) is 2.57. The zero-order chi connectivity index (χ0) is 19.0. The minimum Gasteiger partial charge on any atom is -0.347 e. The maximum absolute atomic E-state index is 12.9. The van der Waals surface area contributed by atoms with Crippen LogP contribution in [0.1, 0.15) is 35.2 Å². The molecule has 0 saturated carbocycles. The van der Waals surface area contributed by atoms with Crippen molar-refractivity contribution >= 4 is 22.6 Å². The minimum absolute atomic E-state index is 0.0887. The molecular formula is C22H27N3O2. The van der Waals surface area contributed by atoms with Gasteiger partial charge in [0.05, 0.1) is 6.04 Å². The first-order valence-electron chi connectivity index (χ1n) is 9.80. The molecule has 2 aromatic rings. The van der Waals surface area contributed by atoms with E-state index in [1.165, 1.54) is 0 Å². The molecule has 27 heavy (non-hydrogen) atoms. The number of carbonyl (C=O) groups is 2. The van der Waals surface area contributed by atoms with E-state index < -0.39 is 0 Å². The van der Waals surface area contributed by atoms with Crippen LogP contribution in [0, 0.1) is 6.92 Å². The number of piperidine rings is 1. The Morgan fingerprint density at radius 1 is 1.07 bits per heavy atom. The van der Waals surface area contributed by atoms with Gasteiger partial charge in [0.15, 0.2) is 0 Å². The van der Waals surface area contributed by atoms with Gasteiger partial charge in [0.1, 0.15) is 0 Å². The predicted molar refractivity (Wildman–Crippen MR) is 107 cm³/mol. The number of nitrogens with zero attached hydrogens (tertiary/aromatic N) is 2. The summed E-state index contributed by atoms with van der Waals surface area (Å²) < 4.78 is 0. The Hall–Kier alpha value is -2.40. The summed E-state index contributed by atoms with van der Waals surface area (Å²) in [5, 5.41) is 5.17. The number of carbonyl (C=O) groups excluding carboxylic acids is 2. The van der Waals surface area contributed by atoms with Gasteiger partial charge < -0.3 is 15.1 Å². The van der Waals surface area contributed by atoms with Crippen molar-refractivity contribution in [2.75, 3.05) is 26.7 Å². The van der Waals surface area contributed by atoms with Crippen LogP contribution in [0.2, 0.25) is 0 Å². The molecule has 5 nitrogen and oxygen atoms in total. The summed E-state index contributed by atoms with van der Waals surface area (Å²) in [7, 11) is 2.12. The van der Waals surface area contributed by atoms with Gasteiger partial charge >= 0.3 is 0 Å². The van der Waals surface area contributed by atoms with Crippen LogP contribution < -0.4 is 5.32 Å². The third kappa shape index (κ3) is 3.56. The monoisotopic (exact) mass is 365 g/mol. The van der Waals surface area contributed by atoms with Crippen LogP contribution in [0.15, 0.2) is 36.4 Å². The van der Waals surface area contributed by atoms with Crippen molar-refractivity contribution in [2.45, 2.75) is 38.3 Å². The van der Waals surface area contributed by atoms with E-state index in [9.17, 15) is 9.59 Å². The van der Waals surface area contributed by atoms with Crippen LogP contribution in [-0.4, -0.2) is 60.4 Å². The van der Waals surface area contributed by atoms with Gasteiger partial charge in [-0.1, -0.05) is 30.3 Å². The van der Waals surface area contributed by atoms with Crippen molar-refractivity contribution in [3.05, 3.63) is 47.5 Å². The van der Waals surface area contributed by atoms with Crippen molar-refractivity contribution in [3.8, 4) is 0 Å². The molecule has 2 aliphatic heterocycles.